The average Bonchev–Trinajstić information content (AvgIpc) is 2.19. The molecule has 0 aromatic carbocycles. The fourth-order valence-corrected chi connectivity index (χ4v) is 1.60. The Labute approximate surface area is 78.4 Å². The van der Waals surface area contributed by atoms with Gasteiger partial charge in [-0.2, -0.15) is 4.91 Å². The number of hydrogen-bond acceptors (Lipinski definition) is 3. The zero-order valence-electron chi connectivity index (χ0n) is 8.06. The summed E-state index contributed by atoms with van der Waals surface area (Å²) in [5.41, 5.74) is -0.509. The molecule has 0 aliphatic heterocycles. The second kappa shape index (κ2) is 4.33. The van der Waals surface area contributed by atoms with Gasteiger partial charge in [0, 0.05) is 6.61 Å². The maximum atomic E-state index is 10.6. The molecule has 1 aliphatic rings. The molecule has 0 saturated carbocycles. The fourth-order valence-electron chi connectivity index (χ4n) is 1.60. The van der Waals surface area contributed by atoms with Gasteiger partial charge in [-0.25, -0.2) is 0 Å². The van der Waals surface area contributed by atoms with Crippen molar-refractivity contribution in [3.8, 4) is 0 Å². The first-order valence-electron chi connectivity index (χ1n) is 4.61. The molecule has 0 N–H and O–H groups in total. The van der Waals surface area contributed by atoms with E-state index in [1.807, 2.05) is 32.1 Å². The Morgan fingerprint density at radius 3 is 2.77 bits per heavy atom. The van der Waals surface area contributed by atoms with Gasteiger partial charge >= 0.3 is 0 Å². The molecule has 0 amide bonds. The molecular formula is C10H15NO2. The summed E-state index contributed by atoms with van der Waals surface area (Å²) in [7, 11) is 0. The van der Waals surface area contributed by atoms with Crippen LogP contribution < -0.4 is 0 Å². The maximum Gasteiger partial charge on any atom is 0.143 e. The number of nitroso groups, excluding NO2 is 1. The van der Waals surface area contributed by atoms with Crippen molar-refractivity contribution < 1.29 is 4.74 Å². The van der Waals surface area contributed by atoms with E-state index in [2.05, 4.69) is 5.18 Å². The van der Waals surface area contributed by atoms with Crippen LogP contribution in [0.1, 0.15) is 20.3 Å². The molecule has 0 saturated heterocycles. The van der Waals surface area contributed by atoms with Crippen molar-refractivity contribution in [2.24, 2.45) is 5.18 Å². The highest BCUT2D eigenvalue weighted by molar-refractivity contribution is 5.25. The van der Waals surface area contributed by atoms with Crippen LogP contribution in [0.5, 0.6) is 0 Å². The summed E-state index contributed by atoms with van der Waals surface area (Å²) in [5, 5.41) is 3.08. The van der Waals surface area contributed by atoms with Crippen LogP contribution in [-0.4, -0.2) is 18.2 Å². The Morgan fingerprint density at radius 2 is 2.23 bits per heavy atom. The molecule has 72 valence electrons. The van der Waals surface area contributed by atoms with Gasteiger partial charge in [0.05, 0.1) is 0 Å². The van der Waals surface area contributed by atoms with Crippen molar-refractivity contribution in [1.82, 2.24) is 0 Å². The van der Waals surface area contributed by atoms with E-state index in [9.17, 15) is 4.91 Å². The summed E-state index contributed by atoms with van der Waals surface area (Å²) in [6, 6.07) is -0.387. The molecule has 0 radical (unpaired) electrons. The second-order valence-corrected chi connectivity index (χ2v) is 3.04. The molecule has 3 nitrogen and oxygen atoms in total. The van der Waals surface area contributed by atoms with Gasteiger partial charge in [-0.1, -0.05) is 36.4 Å². The minimum Gasteiger partial charge on any atom is -0.368 e. The van der Waals surface area contributed by atoms with E-state index in [1.54, 1.807) is 6.08 Å². The van der Waals surface area contributed by atoms with Gasteiger partial charge in [-0.3, -0.25) is 0 Å². The average molecular weight is 181 g/mol. The van der Waals surface area contributed by atoms with Crippen molar-refractivity contribution in [1.29, 1.82) is 0 Å². The standard InChI is InChI=1S/C10H15NO2/c1-3-10(13-4-2)8-6-5-7-9(10)11-12/h5-9H,3-4H2,1-2H3. The first-order valence-corrected chi connectivity index (χ1v) is 4.61. The Balaban J connectivity index is 2.87. The number of rotatable bonds is 4. The fraction of sp³-hybridized carbons (Fsp3) is 0.600. The summed E-state index contributed by atoms with van der Waals surface area (Å²) in [6.07, 6.45) is 8.20. The number of nitrogens with zero attached hydrogens (tertiary/aromatic N) is 1. The third-order valence-electron chi connectivity index (χ3n) is 2.36. The molecule has 0 bridgehead atoms. The molecule has 0 fully saturated rings. The van der Waals surface area contributed by atoms with Gasteiger partial charge in [0.2, 0.25) is 0 Å². The number of hydrogen-bond donors (Lipinski definition) is 0. The molecule has 2 atom stereocenters. The van der Waals surface area contributed by atoms with Crippen LogP contribution in [0.3, 0.4) is 0 Å². The van der Waals surface area contributed by atoms with Gasteiger partial charge in [-0.15, -0.1) is 0 Å². The lowest BCUT2D eigenvalue weighted by atomic mass is 9.88. The molecule has 0 aromatic heterocycles. The van der Waals surface area contributed by atoms with Crippen LogP contribution >= 0.6 is 0 Å². The highest BCUT2D eigenvalue weighted by atomic mass is 16.5. The van der Waals surface area contributed by atoms with E-state index in [0.717, 1.165) is 6.42 Å². The lowest BCUT2D eigenvalue weighted by molar-refractivity contribution is -0.0132. The van der Waals surface area contributed by atoms with E-state index in [0.29, 0.717) is 6.61 Å². The molecule has 3 heteroatoms. The third kappa shape index (κ3) is 1.86. The van der Waals surface area contributed by atoms with E-state index in [1.165, 1.54) is 0 Å². The third-order valence-corrected chi connectivity index (χ3v) is 2.36. The normalized spacial score (nSPS) is 32.0. The monoisotopic (exact) mass is 181 g/mol. The summed E-state index contributed by atoms with van der Waals surface area (Å²) >= 11 is 0. The minimum absolute atomic E-state index is 0.387. The quantitative estimate of drug-likeness (QED) is 0.625. The van der Waals surface area contributed by atoms with Gasteiger partial charge in [0.15, 0.2) is 0 Å². The van der Waals surface area contributed by atoms with Gasteiger partial charge in [0.1, 0.15) is 11.6 Å². The first-order chi connectivity index (χ1) is 6.29. The van der Waals surface area contributed by atoms with E-state index in [4.69, 9.17) is 4.74 Å². The van der Waals surface area contributed by atoms with Crippen LogP contribution in [0.2, 0.25) is 0 Å². The lowest BCUT2D eigenvalue weighted by Crippen LogP contribution is -2.41. The van der Waals surface area contributed by atoms with Crippen molar-refractivity contribution in [2.75, 3.05) is 6.61 Å². The van der Waals surface area contributed by atoms with Crippen LogP contribution in [0.25, 0.3) is 0 Å². The molecule has 0 spiro atoms. The zero-order valence-corrected chi connectivity index (χ0v) is 8.06. The number of ether oxygens (including phenoxy) is 1. The molecule has 2 unspecified atom stereocenters. The van der Waals surface area contributed by atoms with Gasteiger partial charge in [-0.05, 0) is 13.3 Å². The largest absolute Gasteiger partial charge is 0.368 e. The summed E-state index contributed by atoms with van der Waals surface area (Å²) < 4.78 is 5.59. The molecular weight excluding hydrogens is 166 g/mol. The van der Waals surface area contributed by atoms with Crippen LogP contribution in [0.15, 0.2) is 29.5 Å². The van der Waals surface area contributed by atoms with Crippen molar-refractivity contribution in [2.45, 2.75) is 31.9 Å². The zero-order chi connectivity index (χ0) is 9.73. The highest BCUT2D eigenvalue weighted by Gasteiger charge is 2.36. The second-order valence-electron chi connectivity index (χ2n) is 3.04. The van der Waals surface area contributed by atoms with Crippen LogP contribution in [0, 0.1) is 4.91 Å². The van der Waals surface area contributed by atoms with Crippen LogP contribution in [0.4, 0.5) is 0 Å². The Morgan fingerprint density at radius 1 is 1.46 bits per heavy atom. The van der Waals surface area contributed by atoms with E-state index >= 15 is 0 Å². The lowest BCUT2D eigenvalue weighted by Gasteiger charge is -2.33. The molecule has 0 aromatic rings. The summed E-state index contributed by atoms with van der Waals surface area (Å²) in [6.45, 7) is 4.51. The van der Waals surface area contributed by atoms with E-state index in [-0.39, 0.29) is 6.04 Å². The van der Waals surface area contributed by atoms with Gasteiger partial charge < -0.3 is 4.74 Å². The molecule has 0 heterocycles. The molecule has 1 rings (SSSR count). The van der Waals surface area contributed by atoms with Crippen molar-refractivity contribution in [3.05, 3.63) is 29.2 Å². The smallest absolute Gasteiger partial charge is 0.143 e. The SMILES string of the molecule is CCOC1(CC)C=CC=CC1N=O. The predicted molar refractivity (Wildman–Crippen MR) is 52.5 cm³/mol. The number of allylic oxidation sites excluding steroid dienone is 2. The topological polar surface area (TPSA) is 38.7 Å². The van der Waals surface area contributed by atoms with E-state index < -0.39 is 5.60 Å². The van der Waals surface area contributed by atoms with Crippen molar-refractivity contribution in [3.63, 3.8) is 0 Å². The van der Waals surface area contributed by atoms with Crippen molar-refractivity contribution >= 4 is 0 Å². The minimum atomic E-state index is -0.509. The highest BCUT2D eigenvalue weighted by Crippen LogP contribution is 2.28. The Hall–Kier alpha value is -0.960. The first kappa shape index (κ1) is 10.1. The summed E-state index contributed by atoms with van der Waals surface area (Å²) in [5.74, 6) is 0. The molecule has 1 aliphatic carbocycles. The molecule has 13 heavy (non-hydrogen) atoms. The van der Waals surface area contributed by atoms with Gasteiger partial charge in [0.25, 0.3) is 0 Å². The predicted octanol–water partition coefficient (Wildman–Crippen LogP) is 2.43. The Bertz CT molecular complexity index is 235. The Kier molecular flexibility index (Phi) is 3.37. The maximum absolute atomic E-state index is 10.6. The van der Waals surface area contributed by atoms with Crippen LogP contribution in [-0.2, 0) is 4.74 Å². The summed E-state index contributed by atoms with van der Waals surface area (Å²) in [4.78, 5) is 10.6.